The number of ether oxygens (including phenoxy) is 2. The van der Waals surface area contributed by atoms with Gasteiger partial charge in [0.05, 0.1) is 57.6 Å². The number of nitrogens with zero attached hydrogens (tertiary/aromatic N) is 1. The summed E-state index contributed by atoms with van der Waals surface area (Å²) in [5.41, 5.74) is 1.11. The van der Waals surface area contributed by atoms with Crippen molar-refractivity contribution in [1.82, 2.24) is 4.90 Å². The minimum Gasteiger partial charge on any atom is -0.465 e. The van der Waals surface area contributed by atoms with Crippen molar-refractivity contribution in [2.24, 2.45) is 0 Å². The van der Waals surface area contributed by atoms with Gasteiger partial charge in [-0.2, -0.15) is 0 Å². The van der Waals surface area contributed by atoms with Gasteiger partial charge in [-0.3, -0.25) is 0 Å². The predicted molar refractivity (Wildman–Crippen MR) is 114 cm³/mol. The average Bonchev–Trinajstić information content (AvgIpc) is 2.78. The Morgan fingerprint density at radius 1 is 1.00 bits per heavy atom. The Morgan fingerprint density at radius 3 is 2.07 bits per heavy atom. The Labute approximate surface area is 177 Å². The van der Waals surface area contributed by atoms with Gasteiger partial charge in [-0.25, -0.2) is 9.59 Å². The van der Waals surface area contributed by atoms with Crippen LogP contribution in [0.15, 0.2) is 18.2 Å². The van der Waals surface area contributed by atoms with E-state index in [1.165, 1.54) is 52.4 Å². The lowest BCUT2D eigenvalue weighted by Crippen LogP contribution is -3.18. The molecular weight excluding hydrogens is 390 g/mol. The minimum absolute atomic E-state index is 0.271. The van der Waals surface area contributed by atoms with Crippen LogP contribution < -0.4 is 10.2 Å². The number of carbonyl (C=O) groups is 2. The second-order valence-corrected chi connectivity index (χ2v) is 8.08. The summed E-state index contributed by atoms with van der Waals surface area (Å²) in [6.07, 6.45) is 6.78. The highest BCUT2D eigenvalue weighted by Crippen LogP contribution is 2.18. The van der Waals surface area contributed by atoms with Crippen molar-refractivity contribution in [2.45, 2.75) is 38.1 Å². The number of carbonyl (C=O) groups excluding carboxylic acids is 2. The molecule has 0 spiro atoms. The van der Waals surface area contributed by atoms with Crippen LogP contribution >= 0.6 is 12.2 Å². The van der Waals surface area contributed by atoms with E-state index in [0.717, 1.165) is 32.2 Å². The van der Waals surface area contributed by atoms with Crippen LogP contribution in [0.5, 0.6) is 0 Å². The second-order valence-electron chi connectivity index (χ2n) is 7.69. The average molecular weight is 421 g/mol. The number of nitrogens with one attached hydrogen (secondary N) is 2. The van der Waals surface area contributed by atoms with Crippen LogP contribution in [-0.4, -0.2) is 68.4 Å². The van der Waals surface area contributed by atoms with E-state index in [2.05, 4.69) is 10.2 Å². The maximum absolute atomic E-state index is 12.0. The maximum atomic E-state index is 12.0. The van der Waals surface area contributed by atoms with E-state index in [-0.39, 0.29) is 11.1 Å². The molecular formula is C21H30N3O4S+. The van der Waals surface area contributed by atoms with Gasteiger partial charge in [0.15, 0.2) is 5.11 Å². The zero-order valence-corrected chi connectivity index (χ0v) is 18.0. The van der Waals surface area contributed by atoms with E-state index in [0.29, 0.717) is 10.8 Å². The summed E-state index contributed by atoms with van der Waals surface area (Å²) in [4.78, 5) is 27.8. The Bertz CT molecular complexity index is 722. The molecule has 1 aromatic rings. The molecule has 29 heavy (non-hydrogen) atoms. The molecule has 1 aromatic carbocycles. The second kappa shape index (κ2) is 10.0. The fraction of sp³-hybridized carbons (Fsp3) is 0.571. The number of hydrogen-bond acceptors (Lipinski definition) is 5. The number of benzene rings is 1. The number of hydrogen-bond donors (Lipinski definition) is 2. The van der Waals surface area contributed by atoms with Crippen molar-refractivity contribution in [3.8, 4) is 0 Å². The summed E-state index contributed by atoms with van der Waals surface area (Å²) in [7, 11) is 2.61. The first-order chi connectivity index (χ1) is 14.0. The van der Waals surface area contributed by atoms with Crippen LogP contribution in [0.25, 0.3) is 0 Å². The minimum atomic E-state index is -0.519. The van der Waals surface area contributed by atoms with Crippen LogP contribution in [-0.2, 0) is 9.47 Å². The topological polar surface area (TPSA) is 72.3 Å². The third kappa shape index (κ3) is 5.45. The molecule has 0 aromatic heterocycles. The fourth-order valence-corrected chi connectivity index (χ4v) is 4.59. The molecule has 2 N–H and O–H groups in total. The predicted octanol–water partition coefficient (Wildman–Crippen LogP) is 1.49. The van der Waals surface area contributed by atoms with Crippen molar-refractivity contribution in [2.75, 3.05) is 45.7 Å². The van der Waals surface area contributed by atoms with Crippen LogP contribution in [0.1, 0.15) is 52.8 Å². The highest BCUT2D eigenvalue weighted by molar-refractivity contribution is 7.80. The number of esters is 2. The van der Waals surface area contributed by atoms with E-state index >= 15 is 0 Å². The van der Waals surface area contributed by atoms with Crippen molar-refractivity contribution in [1.29, 1.82) is 0 Å². The van der Waals surface area contributed by atoms with Gasteiger partial charge in [0.1, 0.15) is 0 Å². The van der Waals surface area contributed by atoms with Crippen LogP contribution in [0, 0.1) is 0 Å². The normalized spacial score (nSPS) is 18.2. The lowest BCUT2D eigenvalue weighted by Gasteiger charge is -2.38. The lowest BCUT2D eigenvalue weighted by atomic mass is 9.94. The number of anilines is 1. The maximum Gasteiger partial charge on any atom is 0.337 e. The van der Waals surface area contributed by atoms with Gasteiger partial charge in [0, 0.05) is 5.69 Å². The third-order valence-corrected chi connectivity index (χ3v) is 6.26. The first-order valence-corrected chi connectivity index (χ1v) is 10.6. The number of quaternary nitrogens is 1. The van der Waals surface area contributed by atoms with E-state index < -0.39 is 11.9 Å². The first-order valence-electron chi connectivity index (χ1n) is 10.2. The van der Waals surface area contributed by atoms with E-state index in [1.807, 2.05) is 0 Å². The lowest BCUT2D eigenvalue weighted by molar-refractivity contribution is -0.930. The Balaban J connectivity index is 1.64. The molecule has 0 amide bonds. The molecule has 8 heteroatoms. The molecule has 1 saturated carbocycles. The molecule has 158 valence electrons. The summed E-state index contributed by atoms with van der Waals surface area (Å²) >= 11 is 5.60. The number of methoxy groups -OCH3 is 2. The third-order valence-electron chi connectivity index (χ3n) is 5.90. The summed E-state index contributed by atoms with van der Waals surface area (Å²) in [5, 5.41) is 3.78. The molecule has 0 bridgehead atoms. The van der Waals surface area contributed by atoms with Gasteiger partial charge < -0.3 is 24.6 Å². The van der Waals surface area contributed by atoms with E-state index in [1.54, 1.807) is 17.0 Å². The molecule has 7 nitrogen and oxygen atoms in total. The quantitative estimate of drug-likeness (QED) is 0.565. The molecule has 0 unspecified atom stereocenters. The zero-order chi connectivity index (χ0) is 20.8. The molecule has 2 fully saturated rings. The van der Waals surface area contributed by atoms with Gasteiger partial charge in [-0.05, 0) is 56.1 Å². The summed E-state index contributed by atoms with van der Waals surface area (Å²) in [6.45, 7) is 3.97. The zero-order valence-electron chi connectivity index (χ0n) is 17.2. The molecule has 1 aliphatic carbocycles. The van der Waals surface area contributed by atoms with Crippen molar-refractivity contribution < 1.29 is 24.0 Å². The molecule has 1 saturated heterocycles. The monoisotopic (exact) mass is 420 g/mol. The van der Waals surface area contributed by atoms with Gasteiger partial charge in [-0.15, -0.1) is 0 Å². The standard InChI is InChI=1S/C21H29N3O4S/c1-27-19(25)15-12-16(20(26)28-2)14-17(13-15)22-21(29)24-10-8-23(9-11-24)18-6-4-3-5-7-18/h12-14,18H,3-11H2,1-2H3,(H,22,29)/p+1. The molecule has 0 atom stereocenters. The van der Waals surface area contributed by atoms with Gasteiger partial charge in [-0.1, -0.05) is 6.42 Å². The summed E-state index contributed by atoms with van der Waals surface area (Å²) in [5.74, 6) is -1.04. The fourth-order valence-electron chi connectivity index (χ4n) is 4.29. The molecule has 0 radical (unpaired) electrons. The summed E-state index contributed by atoms with van der Waals surface area (Å²) in [6, 6.07) is 5.52. The van der Waals surface area contributed by atoms with Crippen molar-refractivity contribution in [3.63, 3.8) is 0 Å². The highest BCUT2D eigenvalue weighted by atomic mass is 32.1. The van der Waals surface area contributed by atoms with Gasteiger partial charge in [0.2, 0.25) is 0 Å². The van der Waals surface area contributed by atoms with Crippen molar-refractivity contribution >= 4 is 35.0 Å². The largest absolute Gasteiger partial charge is 0.465 e. The number of rotatable bonds is 4. The number of thiocarbonyl (C=S) groups is 1. The Kier molecular flexibility index (Phi) is 7.44. The summed E-state index contributed by atoms with van der Waals surface area (Å²) < 4.78 is 9.57. The van der Waals surface area contributed by atoms with Gasteiger partial charge in [0.25, 0.3) is 0 Å². The van der Waals surface area contributed by atoms with E-state index in [9.17, 15) is 9.59 Å². The van der Waals surface area contributed by atoms with E-state index in [4.69, 9.17) is 21.7 Å². The van der Waals surface area contributed by atoms with Crippen LogP contribution in [0.3, 0.4) is 0 Å². The number of piperazine rings is 1. The molecule has 2 aliphatic rings. The molecule has 3 rings (SSSR count). The smallest absolute Gasteiger partial charge is 0.337 e. The van der Waals surface area contributed by atoms with Crippen molar-refractivity contribution in [3.05, 3.63) is 29.3 Å². The highest BCUT2D eigenvalue weighted by Gasteiger charge is 2.29. The Morgan fingerprint density at radius 2 is 1.55 bits per heavy atom. The molecule has 1 heterocycles. The Hall–Kier alpha value is -2.19. The van der Waals surface area contributed by atoms with Crippen LogP contribution in [0.2, 0.25) is 0 Å². The first kappa shape index (κ1) is 21.5. The van der Waals surface area contributed by atoms with Crippen LogP contribution in [0.4, 0.5) is 5.69 Å². The SMILES string of the molecule is COC(=O)c1cc(NC(=S)N2CC[NH+](C3CCCCC3)CC2)cc(C(=O)OC)c1. The van der Waals surface area contributed by atoms with Gasteiger partial charge >= 0.3 is 11.9 Å². The molecule has 1 aliphatic heterocycles.